The van der Waals surface area contributed by atoms with Gasteiger partial charge in [-0.1, -0.05) is 30.3 Å². The second-order valence-electron chi connectivity index (χ2n) is 3.87. The number of rotatable bonds is 5. The van der Waals surface area contributed by atoms with E-state index in [0.717, 1.165) is 19.4 Å². The SMILES string of the molecule is CCOC(Cc1ccccc1)C1=[C-]CC=C1.[Cl-].[Cl-].[Ti+3]. The first-order valence-electron chi connectivity index (χ1n) is 5.83. The van der Waals surface area contributed by atoms with E-state index >= 15 is 0 Å². The van der Waals surface area contributed by atoms with Gasteiger partial charge in [0.05, 0.1) is 6.10 Å². The number of halogens is 2. The van der Waals surface area contributed by atoms with Crippen LogP contribution in [0.1, 0.15) is 18.9 Å². The maximum absolute atomic E-state index is 5.78. The Morgan fingerprint density at radius 2 is 1.89 bits per heavy atom. The second-order valence-corrected chi connectivity index (χ2v) is 3.87. The minimum absolute atomic E-state index is 0. The van der Waals surface area contributed by atoms with Crippen LogP contribution in [0.4, 0.5) is 0 Å². The van der Waals surface area contributed by atoms with Crippen molar-refractivity contribution in [3.63, 3.8) is 0 Å². The zero-order chi connectivity index (χ0) is 11.2. The summed E-state index contributed by atoms with van der Waals surface area (Å²) in [6.07, 6.45) is 9.62. The molecule has 101 valence electrons. The van der Waals surface area contributed by atoms with Gasteiger partial charge in [-0.15, -0.1) is 6.42 Å². The van der Waals surface area contributed by atoms with Crippen LogP contribution in [0.25, 0.3) is 0 Å². The smallest absolute Gasteiger partial charge is 1.00 e. The monoisotopic (exact) mass is 331 g/mol. The molecule has 0 bridgehead atoms. The minimum Gasteiger partial charge on any atom is -1.00 e. The number of benzene rings is 1. The number of hydrogen-bond acceptors (Lipinski definition) is 1. The van der Waals surface area contributed by atoms with Gasteiger partial charge < -0.3 is 29.6 Å². The first-order valence-corrected chi connectivity index (χ1v) is 5.83. The van der Waals surface area contributed by atoms with Crippen LogP contribution >= 0.6 is 0 Å². The van der Waals surface area contributed by atoms with Gasteiger partial charge in [0.25, 0.3) is 0 Å². The topological polar surface area (TPSA) is 9.23 Å². The molecule has 0 spiro atoms. The van der Waals surface area contributed by atoms with Crippen molar-refractivity contribution in [3.8, 4) is 0 Å². The van der Waals surface area contributed by atoms with Gasteiger partial charge in [-0.05, 0) is 18.9 Å². The van der Waals surface area contributed by atoms with Crippen LogP contribution < -0.4 is 24.8 Å². The molecule has 0 saturated carbocycles. The van der Waals surface area contributed by atoms with Crippen LogP contribution in [0.3, 0.4) is 0 Å². The molecule has 1 aromatic rings. The van der Waals surface area contributed by atoms with E-state index in [0.29, 0.717) is 0 Å². The molecule has 0 aromatic heterocycles. The standard InChI is InChI=1S/C15H17O.2ClH.Ti/c1-2-16-15(14-10-6-7-11-14)12-13-8-4-3-5-9-13;;;/h3-6,8-10,15H,2,7,12H2,1H3;2*1H;/q-1;;;+3/p-2. The fourth-order valence-corrected chi connectivity index (χ4v) is 1.93. The predicted octanol–water partition coefficient (Wildman–Crippen LogP) is -2.67. The van der Waals surface area contributed by atoms with Gasteiger partial charge in [0, 0.05) is 6.61 Å². The van der Waals surface area contributed by atoms with Gasteiger partial charge in [-0.2, -0.15) is 11.6 Å². The van der Waals surface area contributed by atoms with Crippen LogP contribution in [-0.2, 0) is 32.9 Å². The van der Waals surface area contributed by atoms with E-state index in [9.17, 15) is 0 Å². The number of hydrogen-bond donors (Lipinski definition) is 0. The Bertz CT molecular complexity index is 390. The molecule has 4 heteroatoms. The molecule has 1 radical (unpaired) electrons. The maximum Gasteiger partial charge on any atom is 3.00 e. The van der Waals surface area contributed by atoms with Gasteiger partial charge in [0.1, 0.15) is 0 Å². The second kappa shape index (κ2) is 11.8. The van der Waals surface area contributed by atoms with Crippen LogP contribution in [-0.4, -0.2) is 12.7 Å². The molecule has 19 heavy (non-hydrogen) atoms. The summed E-state index contributed by atoms with van der Waals surface area (Å²) < 4.78 is 5.78. The van der Waals surface area contributed by atoms with Gasteiger partial charge in [0.15, 0.2) is 0 Å². The summed E-state index contributed by atoms with van der Waals surface area (Å²) in [6, 6.07) is 10.5. The Morgan fingerprint density at radius 3 is 2.42 bits per heavy atom. The fourth-order valence-electron chi connectivity index (χ4n) is 1.93. The first kappa shape index (κ1) is 21.3. The third-order valence-corrected chi connectivity index (χ3v) is 2.70. The van der Waals surface area contributed by atoms with Crippen LogP contribution in [0, 0.1) is 6.08 Å². The normalized spacial score (nSPS) is 13.6. The summed E-state index contributed by atoms with van der Waals surface area (Å²) >= 11 is 0. The van der Waals surface area contributed by atoms with E-state index in [2.05, 4.69) is 42.5 Å². The molecule has 1 aromatic carbocycles. The predicted molar refractivity (Wildman–Crippen MR) is 66.1 cm³/mol. The van der Waals surface area contributed by atoms with Crippen LogP contribution in [0.15, 0.2) is 48.1 Å². The minimum atomic E-state index is 0. The zero-order valence-corrected chi connectivity index (χ0v) is 14.0. The summed E-state index contributed by atoms with van der Waals surface area (Å²) in [6.45, 7) is 2.79. The Balaban J connectivity index is 0. The van der Waals surface area contributed by atoms with Gasteiger partial charge in [-0.3, -0.25) is 6.08 Å². The number of ether oxygens (including phenoxy) is 1. The summed E-state index contributed by atoms with van der Waals surface area (Å²) in [4.78, 5) is 0. The molecule has 1 nitrogen and oxygen atoms in total. The average Bonchev–Trinajstić information content (AvgIpc) is 2.83. The Kier molecular flexibility index (Phi) is 13.1. The average molecular weight is 332 g/mol. The molecular formula is C15H17Cl2OTi. The largest absolute Gasteiger partial charge is 3.00 e. The zero-order valence-electron chi connectivity index (χ0n) is 10.9. The summed E-state index contributed by atoms with van der Waals surface area (Å²) in [5, 5.41) is 0. The molecule has 1 unspecified atom stereocenters. The molecule has 0 saturated heterocycles. The molecule has 1 atom stereocenters. The van der Waals surface area contributed by atoms with Crippen molar-refractivity contribution >= 4 is 0 Å². The summed E-state index contributed by atoms with van der Waals surface area (Å²) in [7, 11) is 0. The molecule has 1 aliphatic carbocycles. The van der Waals surface area contributed by atoms with Gasteiger partial charge >= 0.3 is 21.7 Å². The molecule has 0 heterocycles. The molecule has 0 fully saturated rings. The van der Waals surface area contributed by atoms with Crippen molar-refractivity contribution < 1.29 is 51.3 Å². The summed E-state index contributed by atoms with van der Waals surface area (Å²) in [5.74, 6) is 0. The van der Waals surface area contributed by atoms with E-state index in [-0.39, 0.29) is 52.6 Å². The van der Waals surface area contributed by atoms with Crippen LogP contribution in [0.2, 0.25) is 0 Å². The molecular weight excluding hydrogens is 315 g/mol. The van der Waals surface area contributed by atoms with Crippen molar-refractivity contribution in [1.29, 1.82) is 0 Å². The molecule has 0 amide bonds. The van der Waals surface area contributed by atoms with Crippen molar-refractivity contribution in [2.75, 3.05) is 6.61 Å². The van der Waals surface area contributed by atoms with Gasteiger partial charge in [0.2, 0.25) is 0 Å². The third kappa shape index (κ3) is 6.78. The first-order chi connectivity index (χ1) is 7.90. The van der Waals surface area contributed by atoms with E-state index in [1.165, 1.54) is 11.1 Å². The van der Waals surface area contributed by atoms with E-state index in [4.69, 9.17) is 4.74 Å². The Hall–Kier alpha value is -0.0457. The fraction of sp³-hybridized carbons (Fsp3) is 0.333. The molecule has 0 N–H and O–H groups in total. The molecule has 2 rings (SSSR count). The molecule has 0 aliphatic heterocycles. The van der Waals surface area contributed by atoms with Gasteiger partial charge in [-0.25, -0.2) is 6.08 Å². The van der Waals surface area contributed by atoms with Crippen molar-refractivity contribution in [3.05, 3.63) is 59.7 Å². The number of allylic oxidation sites excluding steroid dienone is 2. The van der Waals surface area contributed by atoms with E-state index in [1.54, 1.807) is 0 Å². The van der Waals surface area contributed by atoms with Crippen molar-refractivity contribution in [2.24, 2.45) is 0 Å². The van der Waals surface area contributed by atoms with E-state index in [1.807, 2.05) is 13.0 Å². The third-order valence-electron chi connectivity index (χ3n) is 2.70. The van der Waals surface area contributed by atoms with Crippen molar-refractivity contribution in [1.82, 2.24) is 0 Å². The molecule has 1 aliphatic rings. The quantitative estimate of drug-likeness (QED) is 0.422. The Morgan fingerprint density at radius 1 is 1.21 bits per heavy atom. The summed E-state index contributed by atoms with van der Waals surface area (Å²) in [5.41, 5.74) is 2.52. The van der Waals surface area contributed by atoms with Crippen molar-refractivity contribution in [2.45, 2.75) is 25.9 Å². The Labute approximate surface area is 143 Å². The van der Waals surface area contributed by atoms with E-state index < -0.39 is 0 Å². The van der Waals surface area contributed by atoms with Crippen LogP contribution in [0.5, 0.6) is 0 Å². The maximum atomic E-state index is 5.78.